The van der Waals surface area contributed by atoms with Gasteiger partial charge in [-0.1, -0.05) is 18.3 Å². The van der Waals surface area contributed by atoms with Gasteiger partial charge >= 0.3 is 0 Å². The van der Waals surface area contributed by atoms with Gasteiger partial charge < -0.3 is 10.6 Å². The molecule has 0 radical (unpaired) electrons. The van der Waals surface area contributed by atoms with E-state index >= 15 is 0 Å². The van der Waals surface area contributed by atoms with Crippen LogP contribution in [0.25, 0.3) is 0 Å². The molecule has 0 spiro atoms. The van der Waals surface area contributed by atoms with Crippen LogP contribution in [0, 0.1) is 11.8 Å². The monoisotopic (exact) mass is 295 g/mol. The summed E-state index contributed by atoms with van der Waals surface area (Å²) in [5.41, 5.74) is 0. The van der Waals surface area contributed by atoms with E-state index < -0.39 is 0 Å². The number of ketones is 1. The minimum absolute atomic E-state index is 0.0134. The minimum Gasteiger partial charge on any atom is -0.317 e. The number of thiazole rings is 1. The average Bonchev–Trinajstić information content (AvgIpc) is 2.88. The van der Waals surface area contributed by atoms with E-state index in [4.69, 9.17) is 0 Å². The largest absolute Gasteiger partial charge is 0.317 e. The molecule has 2 N–H and O–H groups in total. The van der Waals surface area contributed by atoms with Gasteiger partial charge in [0, 0.05) is 13.3 Å². The Kier molecular flexibility index (Phi) is 5.25. The highest BCUT2D eigenvalue weighted by Gasteiger charge is 2.22. The van der Waals surface area contributed by atoms with Crippen LogP contribution in [-0.2, 0) is 4.79 Å². The van der Waals surface area contributed by atoms with Gasteiger partial charge in [-0.05, 0) is 37.8 Å². The molecule has 1 atom stereocenters. The molecule has 2 heterocycles. The van der Waals surface area contributed by atoms with E-state index in [0.717, 1.165) is 25.9 Å². The number of nitrogens with zero attached hydrogens (tertiary/aromatic N) is 1. The number of carbonyl (C=O) groups is 2. The summed E-state index contributed by atoms with van der Waals surface area (Å²) in [6, 6.07) is 0. The first-order chi connectivity index (χ1) is 9.56. The summed E-state index contributed by atoms with van der Waals surface area (Å²) < 4.78 is 0. The van der Waals surface area contributed by atoms with Gasteiger partial charge in [0.05, 0.1) is 11.1 Å². The normalized spacial score (nSPS) is 17.7. The molecule has 1 amide bonds. The Morgan fingerprint density at radius 2 is 2.20 bits per heavy atom. The number of nitrogens with one attached hydrogen (secondary N) is 2. The van der Waals surface area contributed by atoms with E-state index in [1.807, 2.05) is 0 Å². The lowest BCUT2D eigenvalue weighted by molar-refractivity contribution is -0.117. The smallest absolute Gasteiger partial charge is 0.226 e. The van der Waals surface area contributed by atoms with Crippen LogP contribution in [0.15, 0.2) is 6.20 Å². The third-order valence-electron chi connectivity index (χ3n) is 3.79. The van der Waals surface area contributed by atoms with E-state index in [9.17, 15) is 9.59 Å². The number of Topliss-reactive ketones (excluding diaryl/α,β-unsaturated/α-hetero) is 1. The topological polar surface area (TPSA) is 71.1 Å². The molecule has 20 heavy (non-hydrogen) atoms. The zero-order valence-corrected chi connectivity index (χ0v) is 12.8. The summed E-state index contributed by atoms with van der Waals surface area (Å²) in [6.07, 6.45) is 4.30. The number of amides is 1. The van der Waals surface area contributed by atoms with Crippen molar-refractivity contribution in [2.24, 2.45) is 11.8 Å². The third-order valence-corrected chi connectivity index (χ3v) is 4.81. The molecule has 110 valence electrons. The van der Waals surface area contributed by atoms with Gasteiger partial charge in [0.1, 0.15) is 0 Å². The Labute approximate surface area is 123 Å². The van der Waals surface area contributed by atoms with E-state index in [2.05, 4.69) is 22.5 Å². The fourth-order valence-electron chi connectivity index (χ4n) is 2.54. The van der Waals surface area contributed by atoms with Gasteiger partial charge in [-0.2, -0.15) is 0 Å². The molecule has 1 unspecified atom stereocenters. The number of carbonyl (C=O) groups excluding carboxylic acids is 2. The molecule has 2 rings (SSSR count). The second-order valence-electron chi connectivity index (χ2n) is 5.40. The molecule has 0 bridgehead atoms. The second kappa shape index (κ2) is 6.95. The SMILES string of the molecule is CC(=O)c1cnc(NC(=O)CC(C)C2CCNCC2)s1. The molecule has 1 saturated heterocycles. The molecule has 1 aromatic rings. The minimum atomic E-state index is -0.0222. The maximum atomic E-state index is 12.0. The first-order valence-electron chi connectivity index (χ1n) is 7.03. The number of anilines is 1. The lowest BCUT2D eigenvalue weighted by Crippen LogP contribution is -2.32. The van der Waals surface area contributed by atoms with Crippen molar-refractivity contribution in [2.75, 3.05) is 18.4 Å². The zero-order valence-electron chi connectivity index (χ0n) is 11.9. The van der Waals surface area contributed by atoms with E-state index in [1.54, 1.807) is 0 Å². The molecule has 0 saturated carbocycles. The molecule has 0 aliphatic carbocycles. The molecule has 1 aromatic heterocycles. The number of piperidine rings is 1. The average molecular weight is 295 g/mol. The van der Waals surface area contributed by atoms with Gasteiger partial charge in [-0.25, -0.2) is 4.98 Å². The van der Waals surface area contributed by atoms with Crippen molar-refractivity contribution in [2.45, 2.75) is 33.1 Å². The second-order valence-corrected chi connectivity index (χ2v) is 6.43. The molecule has 5 nitrogen and oxygen atoms in total. The van der Waals surface area contributed by atoms with Gasteiger partial charge in [0.25, 0.3) is 0 Å². The predicted molar refractivity (Wildman–Crippen MR) is 80.1 cm³/mol. The van der Waals surface area contributed by atoms with Gasteiger partial charge in [-0.3, -0.25) is 9.59 Å². The quantitative estimate of drug-likeness (QED) is 0.818. The van der Waals surface area contributed by atoms with Crippen LogP contribution in [0.5, 0.6) is 0 Å². The lowest BCUT2D eigenvalue weighted by atomic mass is 9.84. The van der Waals surface area contributed by atoms with Crippen molar-refractivity contribution in [1.29, 1.82) is 0 Å². The van der Waals surface area contributed by atoms with Gasteiger partial charge in [0.2, 0.25) is 5.91 Å². The van der Waals surface area contributed by atoms with E-state index in [0.29, 0.717) is 28.3 Å². The Morgan fingerprint density at radius 3 is 2.80 bits per heavy atom. The highest BCUT2D eigenvalue weighted by Crippen LogP contribution is 2.25. The Balaban J connectivity index is 1.83. The van der Waals surface area contributed by atoms with E-state index in [-0.39, 0.29) is 11.7 Å². The van der Waals surface area contributed by atoms with Crippen LogP contribution in [0.4, 0.5) is 5.13 Å². The van der Waals surface area contributed by atoms with Crippen LogP contribution < -0.4 is 10.6 Å². The highest BCUT2D eigenvalue weighted by molar-refractivity contribution is 7.17. The molecule has 0 aromatic carbocycles. The number of rotatable bonds is 5. The van der Waals surface area contributed by atoms with Crippen LogP contribution in [-0.4, -0.2) is 29.8 Å². The molecular weight excluding hydrogens is 274 g/mol. The summed E-state index contributed by atoms with van der Waals surface area (Å²) in [6.45, 7) is 5.73. The van der Waals surface area contributed by atoms with Crippen molar-refractivity contribution >= 4 is 28.2 Å². The first-order valence-corrected chi connectivity index (χ1v) is 7.85. The summed E-state index contributed by atoms with van der Waals surface area (Å²) in [5.74, 6) is 0.960. The Hall–Kier alpha value is -1.27. The maximum Gasteiger partial charge on any atom is 0.226 e. The van der Waals surface area contributed by atoms with E-state index in [1.165, 1.54) is 24.5 Å². The summed E-state index contributed by atoms with van der Waals surface area (Å²) >= 11 is 1.23. The number of hydrogen-bond donors (Lipinski definition) is 2. The number of aromatic nitrogens is 1. The molecule has 1 aliphatic rings. The first kappa shape index (κ1) is 15.1. The Bertz CT molecular complexity index is 481. The van der Waals surface area contributed by atoms with Crippen molar-refractivity contribution in [1.82, 2.24) is 10.3 Å². The summed E-state index contributed by atoms with van der Waals surface area (Å²) in [7, 11) is 0. The van der Waals surface area contributed by atoms with Crippen LogP contribution in [0.2, 0.25) is 0 Å². The van der Waals surface area contributed by atoms with Gasteiger partial charge in [-0.15, -0.1) is 0 Å². The molecule has 1 aliphatic heterocycles. The van der Waals surface area contributed by atoms with Crippen LogP contribution in [0.1, 0.15) is 42.8 Å². The Morgan fingerprint density at radius 1 is 1.50 bits per heavy atom. The third kappa shape index (κ3) is 4.11. The zero-order chi connectivity index (χ0) is 14.5. The predicted octanol–water partition coefficient (Wildman–Crippen LogP) is 2.31. The fraction of sp³-hybridized carbons (Fsp3) is 0.643. The van der Waals surface area contributed by atoms with Crippen LogP contribution in [0.3, 0.4) is 0 Å². The van der Waals surface area contributed by atoms with Crippen molar-refractivity contribution < 1.29 is 9.59 Å². The molecule has 1 fully saturated rings. The molecular formula is C14H21N3O2S. The van der Waals surface area contributed by atoms with Gasteiger partial charge in [0.15, 0.2) is 10.9 Å². The lowest BCUT2D eigenvalue weighted by Gasteiger charge is -2.27. The van der Waals surface area contributed by atoms with Crippen molar-refractivity contribution in [3.63, 3.8) is 0 Å². The fourth-order valence-corrected chi connectivity index (χ4v) is 3.27. The van der Waals surface area contributed by atoms with Crippen molar-refractivity contribution in [3.8, 4) is 0 Å². The summed E-state index contributed by atoms with van der Waals surface area (Å²) in [4.78, 5) is 27.8. The maximum absolute atomic E-state index is 12.0. The highest BCUT2D eigenvalue weighted by atomic mass is 32.1. The standard InChI is InChI=1S/C14H21N3O2S/c1-9(11-3-5-15-6-4-11)7-13(19)17-14-16-8-12(20-14)10(2)18/h8-9,11,15H,3-7H2,1-2H3,(H,16,17,19). The van der Waals surface area contributed by atoms with Crippen molar-refractivity contribution in [3.05, 3.63) is 11.1 Å². The number of hydrogen-bond acceptors (Lipinski definition) is 5. The molecule has 6 heteroatoms. The van der Waals surface area contributed by atoms with Crippen LogP contribution >= 0.6 is 11.3 Å². The summed E-state index contributed by atoms with van der Waals surface area (Å²) in [5, 5.41) is 6.63.